The van der Waals surface area contributed by atoms with Crippen molar-refractivity contribution in [3.8, 4) is 28.3 Å². The number of H-pyrrole nitrogens is 1. The van der Waals surface area contributed by atoms with E-state index in [1.54, 1.807) is 6.07 Å². The number of nitrogens with zero attached hydrogens (tertiary/aromatic N) is 4. The van der Waals surface area contributed by atoms with Crippen LogP contribution in [0.25, 0.3) is 44.3 Å². The van der Waals surface area contributed by atoms with Crippen LogP contribution in [-0.2, 0) is 7.05 Å². The second kappa shape index (κ2) is 5.82. The molecule has 0 unspecified atom stereocenters. The number of benzene rings is 2. The zero-order valence-corrected chi connectivity index (χ0v) is 14.6. The molecule has 0 amide bonds. The van der Waals surface area contributed by atoms with Gasteiger partial charge >= 0.3 is 0 Å². The zero-order chi connectivity index (χ0) is 18.4. The second-order valence-corrected chi connectivity index (χ2v) is 6.57. The fraction of sp³-hybridized carbons (Fsp3) is 0.0455. The third kappa shape index (κ3) is 2.47. The summed E-state index contributed by atoms with van der Waals surface area (Å²) in [5.74, 6) is 0. The number of hydrogen-bond acceptors (Lipinski definition) is 3. The number of hydrogen-bond donors (Lipinski definition) is 1. The normalized spacial score (nSPS) is 11.1. The molecule has 0 radical (unpaired) electrons. The van der Waals surface area contributed by atoms with Gasteiger partial charge in [-0.15, -0.1) is 0 Å². The molecule has 0 spiro atoms. The number of imidazole rings is 1. The van der Waals surface area contributed by atoms with Gasteiger partial charge in [0.05, 0.1) is 29.0 Å². The Hall–Kier alpha value is -3.91. The van der Waals surface area contributed by atoms with Crippen molar-refractivity contribution in [3.63, 3.8) is 0 Å². The molecule has 0 fully saturated rings. The molecule has 0 saturated heterocycles. The second-order valence-electron chi connectivity index (χ2n) is 6.57. The van der Waals surface area contributed by atoms with Crippen LogP contribution < -0.4 is 0 Å². The maximum absolute atomic E-state index is 9.15. The molecule has 128 valence electrons. The van der Waals surface area contributed by atoms with Crippen LogP contribution in [0, 0.1) is 11.3 Å². The van der Waals surface area contributed by atoms with Gasteiger partial charge < -0.3 is 9.55 Å². The van der Waals surface area contributed by atoms with E-state index >= 15 is 0 Å². The Morgan fingerprint density at radius 2 is 1.93 bits per heavy atom. The van der Waals surface area contributed by atoms with Gasteiger partial charge in [0.2, 0.25) is 0 Å². The zero-order valence-electron chi connectivity index (χ0n) is 14.6. The third-order valence-electron chi connectivity index (χ3n) is 4.89. The van der Waals surface area contributed by atoms with E-state index in [-0.39, 0.29) is 0 Å². The summed E-state index contributed by atoms with van der Waals surface area (Å²) >= 11 is 0. The van der Waals surface area contributed by atoms with Crippen LogP contribution in [0.4, 0.5) is 0 Å². The molecule has 3 aromatic heterocycles. The monoisotopic (exact) mass is 349 g/mol. The van der Waals surface area contributed by atoms with Crippen LogP contribution in [0.5, 0.6) is 0 Å². The summed E-state index contributed by atoms with van der Waals surface area (Å²) in [6.07, 6.45) is 5.65. The van der Waals surface area contributed by atoms with Gasteiger partial charge in [0, 0.05) is 36.0 Å². The van der Waals surface area contributed by atoms with Gasteiger partial charge in [0.25, 0.3) is 0 Å². The van der Waals surface area contributed by atoms with E-state index in [0.717, 1.165) is 44.3 Å². The Bertz CT molecular complexity index is 1350. The fourth-order valence-electron chi connectivity index (χ4n) is 3.46. The molecule has 0 bridgehead atoms. The minimum Gasteiger partial charge on any atom is -0.346 e. The SMILES string of the molecule is Cn1cnc2ccc(-c3c[nH]c4ncc(-c5cccc(C#N)c5)cc34)cc21. The summed E-state index contributed by atoms with van der Waals surface area (Å²) in [4.78, 5) is 12.2. The molecule has 1 N–H and O–H groups in total. The van der Waals surface area contributed by atoms with Crippen molar-refractivity contribution < 1.29 is 0 Å². The van der Waals surface area contributed by atoms with Crippen LogP contribution >= 0.6 is 0 Å². The van der Waals surface area contributed by atoms with E-state index in [1.165, 1.54) is 0 Å². The maximum atomic E-state index is 9.15. The quantitative estimate of drug-likeness (QED) is 0.504. The predicted octanol–water partition coefficient (Wildman–Crippen LogP) is 4.66. The molecular formula is C22H15N5. The van der Waals surface area contributed by atoms with Crippen LogP contribution in [-0.4, -0.2) is 19.5 Å². The lowest BCUT2D eigenvalue weighted by molar-refractivity contribution is 0.948. The highest BCUT2D eigenvalue weighted by atomic mass is 15.0. The molecule has 0 atom stereocenters. The predicted molar refractivity (Wildman–Crippen MR) is 106 cm³/mol. The van der Waals surface area contributed by atoms with Gasteiger partial charge in [0.1, 0.15) is 5.65 Å². The van der Waals surface area contributed by atoms with Gasteiger partial charge in [0.15, 0.2) is 0 Å². The van der Waals surface area contributed by atoms with Gasteiger partial charge in [-0.05, 0) is 41.5 Å². The first kappa shape index (κ1) is 15.4. The first-order valence-electron chi connectivity index (χ1n) is 8.62. The lowest BCUT2D eigenvalue weighted by Gasteiger charge is -2.05. The number of aryl methyl sites for hydroxylation is 1. The highest BCUT2D eigenvalue weighted by Crippen LogP contribution is 2.32. The van der Waals surface area contributed by atoms with Crippen LogP contribution in [0.1, 0.15) is 5.56 Å². The van der Waals surface area contributed by atoms with Gasteiger partial charge in [-0.1, -0.05) is 18.2 Å². The van der Waals surface area contributed by atoms with E-state index in [4.69, 9.17) is 5.26 Å². The van der Waals surface area contributed by atoms with Crippen molar-refractivity contribution in [1.29, 1.82) is 5.26 Å². The van der Waals surface area contributed by atoms with Crippen molar-refractivity contribution in [2.45, 2.75) is 0 Å². The maximum Gasteiger partial charge on any atom is 0.137 e. The van der Waals surface area contributed by atoms with Gasteiger partial charge in [-0.2, -0.15) is 5.26 Å². The van der Waals surface area contributed by atoms with Crippen LogP contribution in [0.3, 0.4) is 0 Å². The Labute approximate surface area is 155 Å². The standard InChI is InChI=1S/C22H15N5/c1-27-13-26-20-6-5-16(9-21(20)27)19-12-25-22-18(19)8-17(11-24-22)15-4-2-3-14(7-15)10-23/h2-9,11-13H,1H3,(H,24,25). The molecule has 5 rings (SSSR count). The number of rotatable bonds is 2. The third-order valence-corrected chi connectivity index (χ3v) is 4.89. The summed E-state index contributed by atoms with van der Waals surface area (Å²) < 4.78 is 2.02. The fourth-order valence-corrected chi connectivity index (χ4v) is 3.46. The minimum absolute atomic E-state index is 0.642. The van der Waals surface area contributed by atoms with E-state index in [9.17, 15) is 0 Å². The number of nitriles is 1. The lowest BCUT2D eigenvalue weighted by Crippen LogP contribution is -1.85. The molecule has 27 heavy (non-hydrogen) atoms. The van der Waals surface area contributed by atoms with Crippen molar-refractivity contribution >= 4 is 22.1 Å². The smallest absolute Gasteiger partial charge is 0.137 e. The Morgan fingerprint density at radius 3 is 2.81 bits per heavy atom. The topological polar surface area (TPSA) is 70.3 Å². The number of nitrogens with one attached hydrogen (secondary N) is 1. The molecular weight excluding hydrogens is 334 g/mol. The van der Waals surface area contributed by atoms with Gasteiger partial charge in [-0.3, -0.25) is 0 Å². The highest BCUT2D eigenvalue weighted by Gasteiger charge is 2.11. The summed E-state index contributed by atoms with van der Waals surface area (Å²) in [5, 5.41) is 10.2. The number of aromatic nitrogens is 4. The Kier molecular flexibility index (Phi) is 3.31. The number of aromatic amines is 1. The highest BCUT2D eigenvalue weighted by molar-refractivity contribution is 5.97. The lowest BCUT2D eigenvalue weighted by atomic mass is 10.0. The van der Waals surface area contributed by atoms with Crippen molar-refractivity contribution in [2.75, 3.05) is 0 Å². The molecule has 0 aliphatic carbocycles. The van der Waals surface area contributed by atoms with Crippen molar-refractivity contribution in [1.82, 2.24) is 19.5 Å². The van der Waals surface area contributed by atoms with Gasteiger partial charge in [-0.25, -0.2) is 9.97 Å². The first-order valence-corrected chi connectivity index (χ1v) is 8.62. The molecule has 0 aliphatic heterocycles. The Balaban J connectivity index is 1.68. The van der Waals surface area contributed by atoms with E-state index in [0.29, 0.717) is 5.56 Å². The summed E-state index contributed by atoms with van der Waals surface area (Å²) in [5.41, 5.74) is 7.74. The van der Waals surface area contributed by atoms with Crippen molar-refractivity contribution in [3.05, 3.63) is 72.8 Å². The minimum atomic E-state index is 0.642. The van der Waals surface area contributed by atoms with Crippen molar-refractivity contribution in [2.24, 2.45) is 7.05 Å². The summed E-state index contributed by atoms with van der Waals surface area (Å²) in [6.45, 7) is 0. The number of fused-ring (bicyclic) bond motifs is 2. The van der Waals surface area contributed by atoms with E-state index in [1.807, 2.05) is 54.6 Å². The molecule has 5 heteroatoms. The molecule has 5 aromatic rings. The molecule has 5 nitrogen and oxygen atoms in total. The summed E-state index contributed by atoms with van der Waals surface area (Å²) in [7, 11) is 2.00. The van der Waals surface area contributed by atoms with E-state index < -0.39 is 0 Å². The molecule has 0 aliphatic rings. The molecule has 2 aromatic carbocycles. The molecule has 3 heterocycles. The largest absolute Gasteiger partial charge is 0.346 e. The number of pyridine rings is 1. The molecule has 0 saturated carbocycles. The van der Waals surface area contributed by atoms with Crippen LogP contribution in [0.2, 0.25) is 0 Å². The Morgan fingerprint density at radius 1 is 1.00 bits per heavy atom. The first-order chi connectivity index (χ1) is 13.2. The van der Waals surface area contributed by atoms with Crippen LogP contribution in [0.15, 0.2) is 67.3 Å². The summed E-state index contributed by atoms with van der Waals surface area (Å²) in [6, 6.07) is 18.2. The average Bonchev–Trinajstić information content (AvgIpc) is 3.31. The average molecular weight is 349 g/mol. The van der Waals surface area contributed by atoms with E-state index in [2.05, 4.69) is 39.2 Å².